The largest absolute Gasteiger partial charge is 0.324 e. The van der Waals surface area contributed by atoms with E-state index in [1.807, 2.05) is 36.4 Å². The van der Waals surface area contributed by atoms with Gasteiger partial charge in [0.05, 0.1) is 11.1 Å². The van der Waals surface area contributed by atoms with Gasteiger partial charge in [-0.25, -0.2) is 0 Å². The van der Waals surface area contributed by atoms with Gasteiger partial charge in [0, 0.05) is 23.2 Å². The molecule has 7 nitrogen and oxygen atoms in total. The molecule has 0 spiro atoms. The lowest BCUT2D eigenvalue weighted by atomic mass is 10.1. The van der Waals surface area contributed by atoms with Crippen LogP contribution in [0.25, 0.3) is 10.8 Å². The lowest BCUT2D eigenvalue weighted by molar-refractivity contribution is -0.385. The summed E-state index contributed by atoms with van der Waals surface area (Å²) in [6, 6.07) is 15.3. The summed E-state index contributed by atoms with van der Waals surface area (Å²) < 4.78 is 1.01. The summed E-state index contributed by atoms with van der Waals surface area (Å²) in [5.41, 5.74) is -0.0992. The summed E-state index contributed by atoms with van der Waals surface area (Å²) in [5, 5.41) is 15.4. The Bertz CT molecular complexity index is 989. The lowest BCUT2D eigenvalue weighted by Gasteiger charge is -2.09. The zero-order chi connectivity index (χ0) is 17.1. The van der Waals surface area contributed by atoms with Gasteiger partial charge in [-0.3, -0.25) is 24.3 Å². The number of carbonyl (C=O) groups excluding carboxylic acids is 1. The fourth-order valence-corrected chi connectivity index (χ4v) is 2.43. The van der Waals surface area contributed by atoms with Crippen molar-refractivity contribution in [1.29, 1.82) is 0 Å². The number of rotatable bonds is 4. The molecule has 2 aromatic carbocycles. The third kappa shape index (κ3) is 3.14. The van der Waals surface area contributed by atoms with Crippen LogP contribution in [-0.2, 0) is 11.3 Å². The van der Waals surface area contributed by atoms with Gasteiger partial charge < -0.3 is 5.32 Å². The summed E-state index contributed by atoms with van der Waals surface area (Å²) in [6.45, 7) is -0.302. The minimum Gasteiger partial charge on any atom is -0.324 e. The van der Waals surface area contributed by atoms with Crippen LogP contribution in [0.2, 0.25) is 0 Å². The molecule has 24 heavy (non-hydrogen) atoms. The van der Waals surface area contributed by atoms with Gasteiger partial charge in [0.2, 0.25) is 5.91 Å². The van der Waals surface area contributed by atoms with Gasteiger partial charge in [-0.1, -0.05) is 36.4 Å². The van der Waals surface area contributed by atoms with E-state index in [2.05, 4.69) is 5.32 Å². The molecule has 0 radical (unpaired) electrons. The summed E-state index contributed by atoms with van der Waals surface area (Å²) >= 11 is 0. The van der Waals surface area contributed by atoms with Gasteiger partial charge in [-0.2, -0.15) is 0 Å². The molecule has 3 aromatic rings. The van der Waals surface area contributed by atoms with E-state index in [4.69, 9.17) is 0 Å². The monoisotopic (exact) mass is 323 g/mol. The fourth-order valence-electron chi connectivity index (χ4n) is 2.43. The van der Waals surface area contributed by atoms with Gasteiger partial charge in [0.15, 0.2) is 0 Å². The molecule has 7 heteroatoms. The number of aromatic nitrogens is 1. The molecule has 3 rings (SSSR count). The molecule has 1 heterocycles. The molecule has 0 aliphatic carbocycles. The van der Waals surface area contributed by atoms with Gasteiger partial charge in [0.25, 0.3) is 11.2 Å². The van der Waals surface area contributed by atoms with E-state index in [0.29, 0.717) is 5.69 Å². The number of nitrogens with one attached hydrogen (secondary N) is 1. The summed E-state index contributed by atoms with van der Waals surface area (Å²) in [7, 11) is 0. The number of fused-ring (bicyclic) bond motifs is 1. The van der Waals surface area contributed by atoms with Crippen molar-refractivity contribution in [3.05, 3.63) is 81.3 Å². The highest BCUT2D eigenvalue weighted by Gasteiger charge is 2.11. The molecule has 0 aliphatic heterocycles. The summed E-state index contributed by atoms with van der Waals surface area (Å²) in [4.78, 5) is 34.1. The van der Waals surface area contributed by atoms with Crippen LogP contribution in [0.1, 0.15) is 0 Å². The highest BCUT2D eigenvalue weighted by molar-refractivity contribution is 6.01. The number of hydrogen-bond acceptors (Lipinski definition) is 4. The molecule has 0 aliphatic rings. The SMILES string of the molecule is O=C(Cn1cc([N+](=O)[O-])ccc1=O)Nc1cccc2ccccc12. The number of nitro groups is 1. The second-order valence-electron chi connectivity index (χ2n) is 5.19. The van der Waals surface area contributed by atoms with Crippen molar-refractivity contribution in [2.45, 2.75) is 6.54 Å². The van der Waals surface area contributed by atoms with Gasteiger partial charge >= 0.3 is 0 Å². The maximum atomic E-state index is 12.2. The van der Waals surface area contributed by atoms with E-state index in [1.165, 1.54) is 0 Å². The zero-order valence-electron chi connectivity index (χ0n) is 12.5. The van der Waals surface area contributed by atoms with Crippen LogP contribution >= 0.6 is 0 Å². The van der Waals surface area contributed by atoms with E-state index in [0.717, 1.165) is 33.7 Å². The molecule has 120 valence electrons. The van der Waals surface area contributed by atoms with Gasteiger partial charge in [-0.05, 0) is 11.5 Å². The topological polar surface area (TPSA) is 94.2 Å². The van der Waals surface area contributed by atoms with Crippen LogP contribution in [-0.4, -0.2) is 15.4 Å². The minimum atomic E-state index is -0.613. The number of nitrogens with zero attached hydrogens (tertiary/aromatic N) is 2. The van der Waals surface area contributed by atoms with Crippen LogP contribution in [0.4, 0.5) is 11.4 Å². The number of anilines is 1. The van der Waals surface area contributed by atoms with Crippen molar-refractivity contribution < 1.29 is 9.72 Å². The van der Waals surface area contributed by atoms with E-state index >= 15 is 0 Å². The number of amides is 1. The molecular formula is C17H13N3O4. The molecule has 0 atom stereocenters. The number of hydrogen-bond donors (Lipinski definition) is 1. The van der Waals surface area contributed by atoms with Gasteiger partial charge in [-0.15, -0.1) is 0 Å². The first kappa shape index (κ1) is 15.4. The van der Waals surface area contributed by atoms with Crippen LogP contribution < -0.4 is 10.9 Å². The van der Waals surface area contributed by atoms with E-state index in [-0.39, 0.29) is 12.2 Å². The Hall–Kier alpha value is -3.48. The predicted molar refractivity (Wildman–Crippen MR) is 89.9 cm³/mol. The molecule has 0 bridgehead atoms. The Balaban J connectivity index is 1.84. The first-order chi connectivity index (χ1) is 11.5. The normalized spacial score (nSPS) is 10.5. The third-order valence-corrected chi connectivity index (χ3v) is 3.56. The second kappa shape index (κ2) is 6.33. The number of pyridine rings is 1. The predicted octanol–water partition coefficient (Wildman–Crippen LogP) is 2.55. The highest BCUT2D eigenvalue weighted by atomic mass is 16.6. The van der Waals surface area contributed by atoms with Crippen molar-refractivity contribution in [3.8, 4) is 0 Å². The van der Waals surface area contributed by atoms with E-state index in [9.17, 15) is 19.7 Å². The Morgan fingerprint density at radius 3 is 2.62 bits per heavy atom. The molecule has 1 aromatic heterocycles. The smallest absolute Gasteiger partial charge is 0.285 e. The molecule has 0 unspecified atom stereocenters. The van der Waals surface area contributed by atoms with Gasteiger partial charge in [0.1, 0.15) is 6.54 Å². The molecule has 0 saturated heterocycles. The first-order valence-corrected chi connectivity index (χ1v) is 7.17. The quantitative estimate of drug-likeness (QED) is 0.589. The van der Waals surface area contributed by atoms with Crippen LogP contribution in [0.15, 0.2) is 65.6 Å². The maximum Gasteiger partial charge on any atom is 0.285 e. The average molecular weight is 323 g/mol. The van der Waals surface area contributed by atoms with Crippen LogP contribution in [0, 0.1) is 10.1 Å². The standard InChI is InChI=1S/C17H13N3O4/c21-16(11-19-10-13(20(23)24)8-9-17(19)22)18-15-7-3-5-12-4-1-2-6-14(12)15/h1-10H,11H2,(H,18,21). The van der Waals surface area contributed by atoms with Crippen molar-refractivity contribution in [2.24, 2.45) is 0 Å². The molecular weight excluding hydrogens is 310 g/mol. The molecule has 1 N–H and O–H groups in total. The van der Waals surface area contributed by atoms with Crippen molar-refractivity contribution in [1.82, 2.24) is 4.57 Å². The van der Waals surface area contributed by atoms with Crippen molar-refractivity contribution in [3.63, 3.8) is 0 Å². The first-order valence-electron chi connectivity index (χ1n) is 7.17. The lowest BCUT2D eigenvalue weighted by Crippen LogP contribution is -2.27. The molecule has 1 amide bonds. The summed E-state index contributed by atoms with van der Waals surface area (Å²) in [6.07, 6.45) is 1.06. The zero-order valence-corrected chi connectivity index (χ0v) is 12.5. The minimum absolute atomic E-state index is 0.243. The van der Waals surface area contributed by atoms with E-state index in [1.54, 1.807) is 6.07 Å². The van der Waals surface area contributed by atoms with Crippen molar-refractivity contribution in [2.75, 3.05) is 5.32 Å². The Labute approximate surface area is 136 Å². The second-order valence-corrected chi connectivity index (χ2v) is 5.19. The summed E-state index contributed by atoms with van der Waals surface area (Å²) in [5.74, 6) is -0.436. The van der Waals surface area contributed by atoms with Crippen LogP contribution in [0.5, 0.6) is 0 Å². The average Bonchev–Trinajstić information content (AvgIpc) is 2.57. The molecule has 0 saturated carbocycles. The Morgan fingerprint density at radius 2 is 1.83 bits per heavy atom. The number of benzene rings is 2. The van der Waals surface area contributed by atoms with E-state index < -0.39 is 16.4 Å². The molecule has 0 fully saturated rings. The van der Waals surface area contributed by atoms with Crippen LogP contribution in [0.3, 0.4) is 0 Å². The van der Waals surface area contributed by atoms with Crippen molar-refractivity contribution >= 4 is 28.1 Å². The highest BCUT2D eigenvalue weighted by Crippen LogP contribution is 2.22. The fraction of sp³-hybridized carbons (Fsp3) is 0.0588. The Morgan fingerprint density at radius 1 is 1.08 bits per heavy atom. The maximum absolute atomic E-state index is 12.2. The number of carbonyl (C=O) groups is 1. The Kier molecular flexibility index (Phi) is 4.07. The third-order valence-electron chi connectivity index (χ3n) is 3.56.